The SMILES string of the molecule is CCCN(CCC)C([S-])=[SH+].CCCN(CCC)C([S-])=[SH+].CCCN(CCC)C([S-])=[SH+].CCCN(CCC)C([S-])=[SH+].[O]=[Mo][O][Mo]=[O]. The molecule has 0 heterocycles. The minimum atomic E-state index is -1.53. The molecule has 17 heteroatoms. The summed E-state index contributed by atoms with van der Waals surface area (Å²) < 4.78 is 25.4. The van der Waals surface area contributed by atoms with Gasteiger partial charge in [0, 0.05) is 52.4 Å². The summed E-state index contributed by atoms with van der Waals surface area (Å²) in [6.45, 7) is 25.5. The van der Waals surface area contributed by atoms with Crippen LogP contribution >= 0.6 is 0 Å². The maximum absolute atomic E-state index is 9.27. The molecule has 0 saturated heterocycles. The summed E-state index contributed by atoms with van der Waals surface area (Å²) in [7, 11) is 0. The van der Waals surface area contributed by atoms with Gasteiger partial charge in [-0.25, -0.2) is 0 Å². The molecule has 0 saturated carbocycles. The van der Waals surface area contributed by atoms with Crippen molar-refractivity contribution in [1.82, 2.24) is 19.6 Å². The Labute approximate surface area is 338 Å². The van der Waals surface area contributed by atoms with Crippen LogP contribution in [0.15, 0.2) is 0 Å². The van der Waals surface area contributed by atoms with Crippen LogP contribution in [0.5, 0.6) is 0 Å². The van der Waals surface area contributed by atoms with Crippen LogP contribution in [0.3, 0.4) is 0 Å². The Morgan fingerprint density at radius 3 is 0.600 bits per heavy atom. The predicted molar refractivity (Wildman–Crippen MR) is 216 cm³/mol. The van der Waals surface area contributed by atoms with Crippen LogP contribution in [0.1, 0.15) is 107 Å². The molecule has 0 aromatic rings. The number of thiol groups is 4. The van der Waals surface area contributed by atoms with Crippen molar-refractivity contribution in [2.75, 3.05) is 52.4 Å². The Balaban J connectivity index is -0.000000150. The number of hydrogen-bond acceptors (Lipinski definition) is 7. The second-order valence-corrected chi connectivity index (χ2v) is 16.7. The van der Waals surface area contributed by atoms with E-state index in [-0.39, 0.29) is 0 Å². The first-order valence-corrected chi connectivity index (χ1v) is 22.2. The van der Waals surface area contributed by atoms with Gasteiger partial charge in [0.25, 0.3) is 0 Å². The van der Waals surface area contributed by atoms with E-state index in [1.54, 1.807) is 0 Å². The van der Waals surface area contributed by atoms with Crippen molar-refractivity contribution in [2.24, 2.45) is 0 Å². The normalized spacial score (nSPS) is 9.96. The van der Waals surface area contributed by atoms with Crippen molar-refractivity contribution in [3.05, 3.63) is 0 Å². The zero-order valence-corrected chi connectivity index (χ0v) is 39.4. The van der Waals surface area contributed by atoms with E-state index in [1.807, 2.05) is 0 Å². The van der Waals surface area contributed by atoms with Crippen molar-refractivity contribution < 1.29 is 46.7 Å². The van der Waals surface area contributed by atoms with Crippen molar-refractivity contribution in [2.45, 2.75) is 107 Å². The second kappa shape index (κ2) is 46.5. The second-order valence-electron chi connectivity index (χ2n) is 9.28. The first-order chi connectivity index (χ1) is 21.3. The predicted octanol–water partition coefficient (Wildman–Crippen LogP) is 3.78. The quantitative estimate of drug-likeness (QED) is 0.0665. The van der Waals surface area contributed by atoms with Crippen molar-refractivity contribution in [1.29, 1.82) is 0 Å². The summed E-state index contributed by atoms with van der Waals surface area (Å²) in [5.74, 6) is 0. The van der Waals surface area contributed by atoms with Gasteiger partial charge < -0.3 is 50.5 Å². The van der Waals surface area contributed by atoms with Crippen molar-refractivity contribution in [3.8, 4) is 0 Å². The monoisotopic (exact) mass is 952 g/mol. The van der Waals surface area contributed by atoms with Gasteiger partial charge in [-0.3, -0.25) is 19.6 Å². The van der Waals surface area contributed by atoms with Gasteiger partial charge in [-0.2, -0.15) is 0 Å². The minimum absolute atomic E-state index is 0.726. The van der Waals surface area contributed by atoms with Gasteiger partial charge in [-0.1, -0.05) is 55.4 Å². The van der Waals surface area contributed by atoms with Crippen LogP contribution in [0.2, 0.25) is 0 Å². The molecule has 0 aliphatic heterocycles. The summed E-state index contributed by atoms with van der Waals surface area (Å²) >= 11 is 33.2. The third-order valence-corrected chi connectivity index (χ3v) is 9.14. The molecule has 0 rings (SSSR count). The first kappa shape index (κ1) is 56.9. The fraction of sp³-hybridized carbons (Fsp3) is 0.857. The fourth-order valence-electron chi connectivity index (χ4n) is 3.38. The third kappa shape index (κ3) is 46.5. The van der Waals surface area contributed by atoms with E-state index in [4.69, 9.17) is 50.5 Å². The summed E-state index contributed by atoms with van der Waals surface area (Å²) in [6, 6.07) is 0. The zero-order valence-electron chi connectivity index (χ0n) is 28.6. The van der Waals surface area contributed by atoms with Crippen LogP contribution < -0.4 is 0 Å². The average Bonchev–Trinajstić information content (AvgIpc) is 2.98. The van der Waals surface area contributed by atoms with E-state index in [9.17, 15) is 6.80 Å². The molecule has 0 bridgehead atoms. The number of nitrogens with zero attached hydrogens (tertiary/aromatic N) is 4. The van der Waals surface area contributed by atoms with Gasteiger partial charge in [0.2, 0.25) is 0 Å². The van der Waals surface area contributed by atoms with E-state index in [2.05, 4.69) is 126 Å². The molecule has 0 aromatic carbocycles. The van der Waals surface area contributed by atoms with Crippen LogP contribution in [-0.2, 0) is 146 Å². The first-order valence-electron chi connectivity index (χ1n) is 15.5. The Bertz CT molecular complexity index is 614. The molecule has 7 nitrogen and oxygen atoms in total. The number of rotatable bonds is 18. The van der Waals surface area contributed by atoms with E-state index in [0.29, 0.717) is 0 Å². The van der Waals surface area contributed by atoms with E-state index < -0.39 is 37.8 Å². The van der Waals surface area contributed by atoms with Gasteiger partial charge >= 0.3 is 46.7 Å². The van der Waals surface area contributed by atoms with Gasteiger partial charge in [0.15, 0.2) is 0 Å². The summed E-state index contributed by atoms with van der Waals surface area (Å²) in [5.41, 5.74) is 0. The van der Waals surface area contributed by atoms with E-state index in [0.717, 1.165) is 121 Å². The van der Waals surface area contributed by atoms with Gasteiger partial charge in [0.1, 0.15) is 66.2 Å². The Kier molecular flexibility index (Phi) is 58.8. The Morgan fingerprint density at radius 1 is 0.422 bits per heavy atom. The summed E-state index contributed by atoms with van der Waals surface area (Å²) in [4.78, 5) is 8.49. The molecule has 0 atom stereocenters. The van der Waals surface area contributed by atoms with Crippen molar-refractivity contribution >= 4 is 117 Å². The maximum atomic E-state index is 9.27. The molecule has 270 valence electrons. The van der Waals surface area contributed by atoms with Crippen molar-refractivity contribution in [3.63, 3.8) is 0 Å². The topological polar surface area (TPSA) is 56.3 Å². The van der Waals surface area contributed by atoms with Crippen LogP contribution in [-0.4, -0.2) is 89.2 Å². The van der Waals surface area contributed by atoms with Crippen LogP contribution in [0.4, 0.5) is 0 Å². The summed E-state index contributed by atoms with van der Waals surface area (Å²) in [5, 5.41) is 0. The molecule has 0 N–H and O–H groups in total. The average molecular weight is 949 g/mol. The van der Waals surface area contributed by atoms with E-state index >= 15 is 0 Å². The Hall–Kier alpha value is 2.54. The molecule has 0 aliphatic carbocycles. The Morgan fingerprint density at radius 2 is 0.556 bits per heavy atom. The fourth-order valence-corrected chi connectivity index (χ4v) is 5.30. The van der Waals surface area contributed by atoms with Crippen LogP contribution in [0.25, 0.3) is 0 Å². The zero-order chi connectivity index (χ0) is 36.1. The molecule has 0 fully saturated rings. The van der Waals surface area contributed by atoms with Gasteiger partial charge in [-0.05, 0) is 51.4 Å². The standard InChI is InChI=1S/4C7H15NS2.2Mo.3O/c4*1-3-5-8(6-4-2)7(9)10;;;;;/h4*3-6H2,1-2H3,(H,9,10);;;;;. The molecule has 0 unspecified atom stereocenters. The molecule has 0 amide bonds. The molecule has 0 aliphatic rings. The molecule has 0 spiro atoms. The number of hydrogen-bond donors (Lipinski definition) is 0. The van der Waals surface area contributed by atoms with Gasteiger partial charge in [0.05, 0.1) is 0 Å². The molecule has 0 aromatic heterocycles. The molecular formula is C28H60Mo2N4O3S8. The van der Waals surface area contributed by atoms with E-state index in [1.165, 1.54) is 0 Å². The summed E-state index contributed by atoms with van der Waals surface area (Å²) in [6.07, 6.45) is 9.12. The molecular weight excluding hydrogens is 889 g/mol. The third-order valence-electron chi connectivity index (χ3n) is 5.09. The van der Waals surface area contributed by atoms with Gasteiger partial charge in [-0.15, -0.1) is 0 Å². The molecule has 0 radical (unpaired) electrons. The van der Waals surface area contributed by atoms with Crippen LogP contribution in [0, 0.1) is 0 Å². The molecule has 45 heavy (non-hydrogen) atoms.